The Morgan fingerprint density at radius 1 is 1.83 bits per heavy atom. The van der Waals surface area contributed by atoms with Crippen molar-refractivity contribution in [2.75, 3.05) is 6.26 Å². The van der Waals surface area contributed by atoms with E-state index in [1.54, 1.807) is 17.8 Å². The molecule has 12 heavy (non-hydrogen) atoms. The fourth-order valence-electron chi connectivity index (χ4n) is 0.721. The molecule has 0 saturated carbocycles. The standard InChI is InChI=1S/C7H7N3OS/c1-12-4-6-9-3-5(2-8)7(11)10-6/h3H,4H2,1H3,(H,9,10,11). The van der Waals surface area contributed by atoms with E-state index in [0.717, 1.165) is 0 Å². The Morgan fingerprint density at radius 3 is 3.08 bits per heavy atom. The molecule has 0 aliphatic carbocycles. The zero-order valence-corrected chi connectivity index (χ0v) is 7.31. The molecular weight excluding hydrogens is 174 g/mol. The highest BCUT2D eigenvalue weighted by atomic mass is 32.2. The molecule has 1 aromatic rings. The molecule has 0 aliphatic rings. The molecule has 1 heterocycles. The number of nitrogens with one attached hydrogen (secondary N) is 1. The summed E-state index contributed by atoms with van der Waals surface area (Å²) >= 11 is 1.56. The van der Waals surface area contributed by atoms with Gasteiger partial charge in [0.1, 0.15) is 17.5 Å². The number of nitriles is 1. The van der Waals surface area contributed by atoms with E-state index in [2.05, 4.69) is 9.97 Å². The van der Waals surface area contributed by atoms with Crippen molar-refractivity contribution in [2.24, 2.45) is 0 Å². The zero-order valence-electron chi connectivity index (χ0n) is 6.50. The Bertz CT molecular complexity index is 366. The molecule has 5 heteroatoms. The quantitative estimate of drug-likeness (QED) is 0.721. The van der Waals surface area contributed by atoms with Gasteiger partial charge in [0.25, 0.3) is 5.56 Å². The van der Waals surface area contributed by atoms with E-state index in [-0.39, 0.29) is 11.1 Å². The molecule has 1 N–H and O–H groups in total. The Kier molecular flexibility index (Phi) is 2.88. The van der Waals surface area contributed by atoms with Gasteiger partial charge in [-0.3, -0.25) is 4.79 Å². The molecule has 1 rings (SSSR count). The van der Waals surface area contributed by atoms with Gasteiger partial charge < -0.3 is 4.98 Å². The van der Waals surface area contributed by atoms with Crippen molar-refractivity contribution >= 4 is 11.8 Å². The first kappa shape index (κ1) is 8.81. The van der Waals surface area contributed by atoms with Crippen molar-refractivity contribution in [2.45, 2.75) is 5.75 Å². The largest absolute Gasteiger partial charge is 0.309 e. The van der Waals surface area contributed by atoms with Gasteiger partial charge in [-0.2, -0.15) is 17.0 Å². The first-order valence-corrected chi connectivity index (χ1v) is 4.64. The molecule has 0 spiro atoms. The third kappa shape index (κ3) is 1.86. The SMILES string of the molecule is CSCc1ncc(C#N)c(=O)[nH]1. The van der Waals surface area contributed by atoms with Crippen LogP contribution in [0.15, 0.2) is 11.0 Å². The molecule has 1 aromatic heterocycles. The molecule has 0 fully saturated rings. The van der Waals surface area contributed by atoms with Gasteiger partial charge in [-0.25, -0.2) is 4.98 Å². The maximum absolute atomic E-state index is 11.0. The van der Waals surface area contributed by atoms with Crippen LogP contribution >= 0.6 is 11.8 Å². The van der Waals surface area contributed by atoms with Crippen molar-refractivity contribution in [3.05, 3.63) is 27.9 Å². The van der Waals surface area contributed by atoms with E-state index in [0.29, 0.717) is 11.6 Å². The maximum Gasteiger partial charge on any atom is 0.268 e. The molecule has 0 unspecified atom stereocenters. The van der Waals surface area contributed by atoms with Gasteiger partial charge in [0.2, 0.25) is 0 Å². The number of hydrogen-bond donors (Lipinski definition) is 1. The molecule has 0 aliphatic heterocycles. The minimum atomic E-state index is -0.364. The first-order valence-electron chi connectivity index (χ1n) is 3.25. The second kappa shape index (κ2) is 3.93. The smallest absolute Gasteiger partial charge is 0.268 e. The van der Waals surface area contributed by atoms with Crippen molar-refractivity contribution in [3.8, 4) is 6.07 Å². The van der Waals surface area contributed by atoms with E-state index in [9.17, 15) is 4.79 Å². The van der Waals surface area contributed by atoms with Gasteiger partial charge >= 0.3 is 0 Å². The van der Waals surface area contributed by atoms with Crippen LogP contribution in [-0.2, 0) is 5.75 Å². The molecule has 0 bridgehead atoms. The summed E-state index contributed by atoms with van der Waals surface area (Å²) < 4.78 is 0. The van der Waals surface area contributed by atoms with Gasteiger partial charge in [0, 0.05) is 0 Å². The summed E-state index contributed by atoms with van der Waals surface area (Å²) in [7, 11) is 0. The molecule has 0 saturated heterocycles. The number of nitrogens with zero attached hydrogens (tertiary/aromatic N) is 2. The topological polar surface area (TPSA) is 69.5 Å². The van der Waals surface area contributed by atoms with Crippen LogP contribution in [0.3, 0.4) is 0 Å². The molecule has 0 atom stereocenters. The van der Waals surface area contributed by atoms with E-state index < -0.39 is 0 Å². The van der Waals surface area contributed by atoms with E-state index in [1.165, 1.54) is 6.20 Å². The fourth-order valence-corrected chi connectivity index (χ4v) is 1.14. The number of H-pyrrole nitrogens is 1. The summed E-state index contributed by atoms with van der Waals surface area (Å²) in [5.41, 5.74) is -0.309. The first-order chi connectivity index (χ1) is 5.77. The van der Waals surface area contributed by atoms with E-state index >= 15 is 0 Å². The maximum atomic E-state index is 11.0. The van der Waals surface area contributed by atoms with Crippen molar-refractivity contribution in [3.63, 3.8) is 0 Å². The minimum absolute atomic E-state index is 0.0554. The number of rotatable bonds is 2. The van der Waals surface area contributed by atoms with Crippen LogP contribution in [0, 0.1) is 11.3 Å². The second-order valence-corrected chi connectivity index (χ2v) is 2.98. The van der Waals surface area contributed by atoms with Crippen LogP contribution in [0.25, 0.3) is 0 Å². The minimum Gasteiger partial charge on any atom is -0.309 e. The second-order valence-electron chi connectivity index (χ2n) is 2.12. The van der Waals surface area contributed by atoms with Gasteiger partial charge in [-0.05, 0) is 6.26 Å². The number of aromatic nitrogens is 2. The summed E-state index contributed by atoms with van der Waals surface area (Å²) in [4.78, 5) is 17.4. The Morgan fingerprint density at radius 2 is 2.58 bits per heavy atom. The molecular formula is C7H7N3OS. The Balaban J connectivity index is 3.04. The van der Waals surface area contributed by atoms with Crippen LogP contribution in [0.5, 0.6) is 0 Å². The highest BCUT2D eigenvalue weighted by Gasteiger charge is 1.99. The predicted octanol–water partition coefficient (Wildman–Crippen LogP) is 0.505. The molecule has 62 valence electrons. The lowest BCUT2D eigenvalue weighted by Crippen LogP contribution is -2.13. The number of thioether (sulfide) groups is 1. The predicted molar refractivity (Wildman–Crippen MR) is 46.8 cm³/mol. The summed E-state index contributed by atoms with van der Waals surface area (Å²) in [6.45, 7) is 0. The van der Waals surface area contributed by atoms with Crippen molar-refractivity contribution in [1.29, 1.82) is 5.26 Å². The molecule has 0 radical (unpaired) electrons. The third-order valence-electron chi connectivity index (χ3n) is 1.25. The highest BCUT2D eigenvalue weighted by molar-refractivity contribution is 7.97. The van der Waals surface area contributed by atoms with E-state index in [4.69, 9.17) is 5.26 Å². The molecule has 0 aromatic carbocycles. The summed E-state index contributed by atoms with van der Waals surface area (Å²) in [6.07, 6.45) is 3.21. The van der Waals surface area contributed by atoms with Crippen LogP contribution in [0.4, 0.5) is 0 Å². The monoisotopic (exact) mass is 181 g/mol. The summed E-state index contributed by atoms with van der Waals surface area (Å²) in [6, 6.07) is 1.75. The molecule has 4 nitrogen and oxygen atoms in total. The van der Waals surface area contributed by atoms with Crippen LogP contribution in [0.2, 0.25) is 0 Å². The van der Waals surface area contributed by atoms with E-state index in [1.807, 2.05) is 6.26 Å². The lowest BCUT2D eigenvalue weighted by Gasteiger charge is -1.95. The van der Waals surface area contributed by atoms with Crippen LogP contribution in [-0.4, -0.2) is 16.2 Å². The Labute approximate surface area is 73.6 Å². The molecule has 0 amide bonds. The summed E-state index contributed by atoms with van der Waals surface area (Å²) in [5.74, 6) is 1.26. The van der Waals surface area contributed by atoms with Crippen molar-refractivity contribution < 1.29 is 0 Å². The average molecular weight is 181 g/mol. The third-order valence-corrected chi connectivity index (χ3v) is 1.82. The van der Waals surface area contributed by atoms with Crippen LogP contribution in [0.1, 0.15) is 11.4 Å². The zero-order chi connectivity index (χ0) is 8.97. The number of aromatic amines is 1. The number of hydrogen-bond acceptors (Lipinski definition) is 4. The van der Waals surface area contributed by atoms with Gasteiger partial charge in [0.05, 0.1) is 11.9 Å². The average Bonchev–Trinajstić information content (AvgIpc) is 2.05. The summed E-state index contributed by atoms with van der Waals surface area (Å²) in [5, 5.41) is 8.42. The fraction of sp³-hybridized carbons (Fsp3) is 0.286. The van der Waals surface area contributed by atoms with Crippen LogP contribution < -0.4 is 5.56 Å². The lowest BCUT2D eigenvalue weighted by atomic mass is 10.4. The lowest BCUT2D eigenvalue weighted by molar-refractivity contribution is 0.994. The van der Waals surface area contributed by atoms with Gasteiger partial charge in [-0.1, -0.05) is 0 Å². The van der Waals surface area contributed by atoms with Crippen molar-refractivity contribution in [1.82, 2.24) is 9.97 Å². The van der Waals surface area contributed by atoms with Gasteiger partial charge in [-0.15, -0.1) is 0 Å². The normalized spacial score (nSPS) is 9.33. The Hall–Kier alpha value is -1.28. The van der Waals surface area contributed by atoms with Gasteiger partial charge in [0.15, 0.2) is 0 Å². The highest BCUT2D eigenvalue weighted by Crippen LogP contribution is 2.00.